The van der Waals surface area contributed by atoms with Crippen LogP contribution in [0.1, 0.15) is 31.2 Å². The molecule has 19 heavy (non-hydrogen) atoms. The number of rotatable bonds is 4. The molecule has 0 saturated carbocycles. The van der Waals surface area contributed by atoms with Crippen LogP contribution in [0.2, 0.25) is 5.02 Å². The number of carbonyl (C=O) groups excluding carboxylic acids is 1. The Balaban J connectivity index is 2.23. The molecule has 0 aliphatic carbocycles. The van der Waals surface area contributed by atoms with E-state index in [0.717, 1.165) is 6.42 Å². The molecule has 0 spiro atoms. The summed E-state index contributed by atoms with van der Waals surface area (Å²) in [6.45, 7) is 2.60. The van der Waals surface area contributed by atoms with Crippen LogP contribution in [0.4, 0.5) is 0 Å². The topological polar surface area (TPSA) is 50.1 Å². The van der Waals surface area contributed by atoms with Crippen LogP contribution in [0, 0.1) is 17.2 Å². The SMILES string of the molecule is CCC1OCCC1C(=O)C(C#N)c1cccc(Cl)c1. The summed E-state index contributed by atoms with van der Waals surface area (Å²) in [5.41, 5.74) is 0.668. The highest BCUT2D eigenvalue weighted by Gasteiger charge is 2.37. The van der Waals surface area contributed by atoms with Gasteiger partial charge in [0, 0.05) is 17.5 Å². The van der Waals surface area contributed by atoms with Crippen LogP contribution in [0.3, 0.4) is 0 Å². The van der Waals surface area contributed by atoms with Crippen molar-refractivity contribution in [1.29, 1.82) is 5.26 Å². The number of halogens is 1. The molecule has 0 amide bonds. The first-order valence-corrected chi connectivity index (χ1v) is 6.85. The highest BCUT2D eigenvalue weighted by molar-refractivity contribution is 6.30. The van der Waals surface area contributed by atoms with Crippen LogP contribution in [0.5, 0.6) is 0 Å². The molecule has 3 nitrogen and oxygen atoms in total. The number of ketones is 1. The highest BCUT2D eigenvalue weighted by atomic mass is 35.5. The van der Waals surface area contributed by atoms with Gasteiger partial charge in [-0.3, -0.25) is 4.79 Å². The molecule has 100 valence electrons. The summed E-state index contributed by atoms with van der Waals surface area (Å²) in [7, 11) is 0. The Bertz CT molecular complexity index is 509. The van der Waals surface area contributed by atoms with E-state index in [9.17, 15) is 10.1 Å². The van der Waals surface area contributed by atoms with Gasteiger partial charge in [-0.1, -0.05) is 30.7 Å². The maximum absolute atomic E-state index is 12.5. The molecule has 1 aliphatic heterocycles. The minimum atomic E-state index is -0.751. The van der Waals surface area contributed by atoms with E-state index in [1.165, 1.54) is 0 Å². The Hall–Kier alpha value is -1.37. The number of nitrogens with zero attached hydrogens (tertiary/aromatic N) is 1. The summed E-state index contributed by atoms with van der Waals surface area (Å²) in [5, 5.41) is 9.85. The average Bonchev–Trinajstić information content (AvgIpc) is 2.87. The summed E-state index contributed by atoms with van der Waals surface area (Å²) in [5.74, 6) is -0.970. The molecule has 1 aromatic carbocycles. The predicted molar refractivity (Wildman–Crippen MR) is 73.0 cm³/mol. The number of hydrogen-bond acceptors (Lipinski definition) is 3. The van der Waals surface area contributed by atoms with Gasteiger partial charge in [-0.15, -0.1) is 0 Å². The fraction of sp³-hybridized carbons (Fsp3) is 0.467. The van der Waals surface area contributed by atoms with Crippen molar-refractivity contribution in [3.63, 3.8) is 0 Å². The lowest BCUT2D eigenvalue weighted by molar-refractivity contribution is -0.124. The fourth-order valence-corrected chi connectivity index (χ4v) is 2.78. The largest absolute Gasteiger partial charge is 0.377 e. The Morgan fingerprint density at radius 2 is 2.42 bits per heavy atom. The van der Waals surface area contributed by atoms with Crippen LogP contribution in [-0.2, 0) is 9.53 Å². The van der Waals surface area contributed by atoms with Crippen molar-refractivity contribution in [1.82, 2.24) is 0 Å². The molecule has 0 radical (unpaired) electrons. The summed E-state index contributed by atoms with van der Waals surface area (Å²) < 4.78 is 5.53. The highest BCUT2D eigenvalue weighted by Crippen LogP contribution is 2.31. The fourth-order valence-electron chi connectivity index (χ4n) is 2.58. The first kappa shape index (κ1) is 14.0. The smallest absolute Gasteiger partial charge is 0.160 e. The van der Waals surface area contributed by atoms with E-state index in [1.807, 2.05) is 6.92 Å². The van der Waals surface area contributed by atoms with Crippen LogP contribution in [-0.4, -0.2) is 18.5 Å². The minimum Gasteiger partial charge on any atom is -0.377 e. The second-order valence-electron chi connectivity index (χ2n) is 4.73. The van der Waals surface area contributed by atoms with Gasteiger partial charge >= 0.3 is 0 Å². The Labute approximate surface area is 118 Å². The van der Waals surface area contributed by atoms with E-state index in [2.05, 4.69) is 6.07 Å². The van der Waals surface area contributed by atoms with E-state index in [4.69, 9.17) is 16.3 Å². The third-order valence-corrected chi connectivity index (χ3v) is 3.81. The van der Waals surface area contributed by atoms with Crippen LogP contribution in [0.25, 0.3) is 0 Å². The number of nitriles is 1. The van der Waals surface area contributed by atoms with Crippen LogP contribution in [0.15, 0.2) is 24.3 Å². The summed E-state index contributed by atoms with van der Waals surface area (Å²) in [6.07, 6.45) is 1.45. The van der Waals surface area contributed by atoms with Crippen molar-refractivity contribution in [2.24, 2.45) is 5.92 Å². The molecular formula is C15H16ClNO2. The van der Waals surface area contributed by atoms with Crippen molar-refractivity contribution < 1.29 is 9.53 Å². The zero-order valence-corrected chi connectivity index (χ0v) is 11.6. The molecule has 3 unspecified atom stereocenters. The van der Waals surface area contributed by atoms with Gasteiger partial charge in [-0.25, -0.2) is 0 Å². The van der Waals surface area contributed by atoms with Crippen molar-refractivity contribution >= 4 is 17.4 Å². The minimum absolute atomic E-state index is 0.0471. The van der Waals surface area contributed by atoms with Crippen LogP contribution < -0.4 is 0 Å². The molecule has 0 N–H and O–H groups in total. The van der Waals surface area contributed by atoms with E-state index < -0.39 is 5.92 Å². The van der Waals surface area contributed by atoms with Gasteiger partial charge in [-0.2, -0.15) is 5.26 Å². The molecule has 0 bridgehead atoms. The van der Waals surface area contributed by atoms with Gasteiger partial charge < -0.3 is 4.74 Å². The maximum atomic E-state index is 12.5. The first-order chi connectivity index (χ1) is 9.17. The second kappa shape index (κ2) is 6.18. The third-order valence-electron chi connectivity index (χ3n) is 3.57. The molecule has 3 atom stereocenters. The van der Waals surface area contributed by atoms with Crippen molar-refractivity contribution in [3.05, 3.63) is 34.9 Å². The van der Waals surface area contributed by atoms with Crippen molar-refractivity contribution in [2.45, 2.75) is 31.8 Å². The summed E-state index contributed by atoms with van der Waals surface area (Å²) >= 11 is 5.92. The molecule has 1 heterocycles. The maximum Gasteiger partial charge on any atom is 0.160 e. The molecule has 1 aliphatic rings. The van der Waals surface area contributed by atoms with Gasteiger partial charge in [0.1, 0.15) is 5.92 Å². The number of carbonyl (C=O) groups is 1. The normalized spacial score (nSPS) is 23.8. The van der Waals surface area contributed by atoms with Gasteiger partial charge in [0.2, 0.25) is 0 Å². The lowest BCUT2D eigenvalue weighted by Gasteiger charge is -2.18. The molecule has 0 aromatic heterocycles. The summed E-state index contributed by atoms with van der Waals surface area (Å²) in [4.78, 5) is 12.5. The van der Waals surface area contributed by atoms with Gasteiger partial charge in [0.05, 0.1) is 12.2 Å². The molecule has 1 fully saturated rings. The Morgan fingerprint density at radius 3 is 3.05 bits per heavy atom. The van der Waals surface area contributed by atoms with Gasteiger partial charge in [-0.05, 0) is 30.5 Å². The zero-order valence-electron chi connectivity index (χ0n) is 10.8. The zero-order chi connectivity index (χ0) is 13.8. The van der Waals surface area contributed by atoms with Gasteiger partial charge in [0.15, 0.2) is 5.78 Å². The van der Waals surface area contributed by atoms with Crippen molar-refractivity contribution in [3.8, 4) is 6.07 Å². The lowest BCUT2D eigenvalue weighted by atomic mass is 9.84. The quantitative estimate of drug-likeness (QED) is 0.848. The standard InChI is InChI=1S/C15H16ClNO2/c1-2-14-12(6-7-19-14)15(18)13(9-17)10-4-3-5-11(16)8-10/h3-5,8,12-14H,2,6-7H2,1H3. The molecule has 1 aromatic rings. The Kier molecular flexibility index (Phi) is 4.57. The molecule has 2 rings (SSSR count). The second-order valence-corrected chi connectivity index (χ2v) is 5.17. The third kappa shape index (κ3) is 2.97. The van der Waals surface area contributed by atoms with E-state index in [1.54, 1.807) is 24.3 Å². The molecular weight excluding hydrogens is 262 g/mol. The molecule has 4 heteroatoms. The average molecular weight is 278 g/mol. The molecule has 1 saturated heterocycles. The van der Waals surface area contributed by atoms with Crippen LogP contribution >= 0.6 is 11.6 Å². The van der Waals surface area contributed by atoms with E-state index >= 15 is 0 Å². The number of Topliss-reactive ketones (excluding diaryl/α,β-unsaturated/α-hetero) is 1. The van der Waals surface area contributed by atoms with E-state index in [0.29, 0.717) is 23.6 Å². The number of benzene rings is 1. The Morgan fingerprint density at radius 1 is 1.63 bits per heavy atom. The van der Waals surface area contributed by atoms with E-state index in [-0.39, 0.29) is 17.8 Å². The summed E-state index contributed by atoms with van der Waals surface area (Å²) in [6, 6.07) is 9.06. The number of ether oxygens (including phenoxy) is 1. The number of hydrogen-bond donors (Lipinski definition) is 0. The predicted octanol–water partition coefficient (Wildman–Crippen LogP) is 3.33. The van der Waals surface area contributed by atoms with Gasteiger partial charge in [0.25, 0.3) is 0 Å². The first-order valence-electron chi connectivity index (χ1n) is 6.47. The van der Waals surface area contributed by atoms with Crippen molar-refractivity contribution in [2.75, 3.05) is 6.61 Å². The monoisotopic (exact) mass is 277 g/mol. The lowest BCUT2D eigenvalue weighted by Crippen LogP contribution is -2.28.